The molecule has 1 saturated carbocycles. The molecule has 0 amide bonds. The molecule has 1 N–H and O–H groups in total. The summed E-state index contributed by atoms with van der Waals surface area (Å²) in [6, 6.07) is 7.49. The van der Waals surface area contributed by atoms with Gasteiger partial charge in [-0.3, -0.25) is 9.88 Å². The number of benzene rings is 1. The zero-order valence-corrected chi connectivity index (χ0v) is 22.3. The lowest BCUT2D eigenvalue weighted by atomic mass is 9.95. The third kappa shape index (κ3) is 3.50. The van der Waals surface area contributed by atoms with Crippen LogP contribution >= 0.6 is 0 Å². The molecule has 6 heterocycles. The van der Waals surface area contributed by atoms with Crippen molar-refractivity contribution in [1.29, 1.82) is 0 Å². The van der Waals surface area contributed by atoms with Crippen LogP contribution in [0.3, 0.4) is 0 Å². The predicted octanol–water partition coefficient (Wildman–Crippen LogP) is 4.44. The van der Waals surface area contributed by atoms with E-state index in [2.05, 4.69) is 27.2 Å². The Kier molecular flexibility index (Phi) is 4.90. The van der Waals surface area contributed by atoms with Crippen LogP contribution in [0.25, 0.3) is 22.2 Å². The van der Waals surface area contributed by atoms with Crippen molar-refractivity contribution < 1.29 is 9.13 Å². The van der Waals surface area contributed by atoms with E-state index in [0.717, 1.165) is 62.7 Å². The predicted molar refractivity (Wildman–Crippen MR) is 148 cm³/mol. The maximum Gasteiger partial charge on any atom is 0.319 e. The fourth-order valence-electron chi connectivity index (χ4n) is 8.66. The van der Waals surface area contributed by atoms with Gasteiger partial charge in [-0.2, -0.15) is 9.97 Å². The molecule has 1 aromatic carbocycles. The largest absolute Gasteiger partial charge is 0.461 e. The number of piperazine rings is 1. The summed E-state index contributed by atoms with van der Waals surface area (Å²) in [6.07, 6.45) is 11.2. The molecule has 6 aliphatic rings. The van der Waals surface area contributed by atoms with Crippen molar-refractivity contribution in [3.63, 3.8) is 0 Å². The van der Waals surface area contributed by atoms with Crippen LogP contribution in [0.2, 0.25) is 0 Å². The second-order valence-corrected chi connectivity index (χ2v) is 12.9. The minimum Gasteiger partial charge on any atom is -0.461 e. The van der Waals surface area contributed by atoms with Crippen LogP contribution in [-0.4, -0.2) is 70.3 Å². The molecule has 9 rings (SSSR count). The Bertz CT molecular complexity index is 1470. The molecule has 4 atom stereocenters. The van der Waals surface area contributed by atoms with Gasteiger partial charge in [-0.25, -0.2) is 4.39 Å². The minimum absolute atomic E-state index is 0.0833. The molecule has 4 aliphatic heterocycles. The van der Waals surface area contributed by atoms with Crippen LogP contribution in [0.1, 0.15) is 62.0 Å². The van der Waals surface area contributed by atoms with Gasteiger partial charge in [0.1, 0.15) is 23.6 Å². The number of nitrogens with zero attached hydrogens (tertiary/aromatic N) is 5. The van der Waals surface area contributed by atoms with Gasteiger partial charge in [-0.1, -0.05) is 18.2 Å². The highest BCUT2D eigenvalue weighted by Crippen LogP contribution is 2.57. The van der Waals surface area contributed by atoms with E-state index in [9.17, 15) is 0 Å². The number of aromatic nitrogens is 3. The van der Waals surface area contributed by atoms with Crippen LogP contribution in [0.4, 0.5) is 10.2 Å². The summed E-state index contributed by atoms with van der Waals surface area (Å²) >= 11 is 0. The van der Waals surface area contributed by atoms with Gasteiger partial charge in [0, 0.05) is 36.9 Å². The van der Waals surface area contributed by atoms with Crippen LogP contribution < -0.4 is 15.0 Å². The van der Waals surface area contributed by atoms with Crippen LogP contribution in [0.5, 0.6) is 6.01 Å². The van der Waals surface area contributed by atoms with Crippen LogP contribution in [0.15, 0.2) is 24.4 Å². The van der Waals surface area contributed by atoms with E-state index in [4.69, 9.17) is 19.7 Å². The van der Waals surface area contributed by atoms with Crippen molar-refractivity contribution in [1.82, 2.24) is 25.2 Å². The maximum atomic E-state index is 16.5. The molecule has 2 aromatic heterocycles. The van der Waals surface area contributed by atoms with Gasteiger partial charge in [0.15, 0.2) is 5.82 Å². The van der Waals surface area contributed by atoms with Crippen molar-refractivity contribution >= 4 is 16.7 Å². The van der Waals surface area contributed by atoms with Gasteiger partial charge in [-0.15, -0.1) is 0 Å². The third-order valence-electron chi connectivity index (χ3n) is 10.7. The normalized spacial score (nSPS) is 30.0. The molecule has 39 heavy (non-hydrogen) atoms. The Labute approximate surface area is 228 Å². The van der Waals surface area contributed by atoms with Crippen molar-refractivity contribution in [2.75, 3.05) is 37.7 Å². The van der Waals surface area contributed by atoms with Gasteiger partial charge < -0.3 is 15.0 Å². The van der Waals surface area contributed by atoms with Crippen LogP contribution in [-0.2, 0) is 6.42 Å². The molecule has 0 radical (unpaired) electrons. The Morgan fingerprint density at radius 2 is 1.90 bits per heavy atom. The SMILES string of the molecule is Fc1c(-c2cccc3c2CC2CC32)ncc2c(N3CC4CCC(C3)N4)nc(OCC34CCCN3CCC4)nc12. The molecule has 5 fully saturated rings. The van der Waals surface area contributed by atoms with Crippen LogP contribution in [0, 0.1) is 11.7 Å². The second kappa shape index (κ2) is 8.33. The number of ether oxygens (including phenoxy) is 1. The lowest BCUT2D eigenvalue weighted by Crippen LogP contribution is -2.51. The Balaban J connectivity index is 1.14. The molecule has 4 unspecified atom stereocenters. The first-order valence-electron chi connectivity index (χ1n) is 15.0. The minimum atomic E-state index is -0.352. The maximum absolute atomic E-state index is 16.5. The van der Waals surface area contributed by atoms with E-state index in [0.29, 0.717) is 47.2 Å². The number of hydrogen-bond donors (Lipinski definition) is 1. The number of fused-ring (bicyclic) bond motifs is 7. The average molecular weight is 527 g/mol. The van der Waals surface area contributed by atoms with Crippen molar-refractivity contribution in [3.05, 3.63) is 41.3 Å². The summed E-state index contributed by atoms with van der Waals surface area (Å²) < 4.78 is 22.9. The first kappa shape index (κ1) is 22.9. The van der Waals surface area contributed by atoms with Crippen molar-refractivity contribution in [2.24, 2.45) is 5.92 Å². The summed E-state index contributed by atoms with van der Waals surface area (Å²) in [5, 5.41) is 4.38. The summed E-state index contributed by atoms with van der Waals surface area (Å²) in [6.45, 7) is 4.57. The van der Waals surface area contributed by atoms with Gasteiger partial charge in [0.05, 0.1) is 10.9 Å². The third-order valence-corrected chi connectivity index (χ3v) is 10.7. The molecule has 0 spiro atoms. The number of nitrogens with one attached hydrogen (secondary N) is 1. The van der Waals surface area contributed by atoms with Gasteiger partial charge in [0.25, 0.3) is 0 Å². The second-order valence-electron chi connectivity index (χ2n) is 12.9. The number of halogens is 1. The molecular formula is C31H35FN6O. The highest BCUT2D eigenvalue weighted by atomic mass is 19.1. The van der Waals surface area contributed by atoms with Crippen molar-refractivity contribution in [3.8, 4) is 17.3 Å². The summed E-state index contributed by atoms with van der Waals surface area (Å²) in [4.78, 5) is 19.3. The number of hydrogen-bond acceptors (Lipinski definition) is 7. The average Bonchev–Trinajstić information content (AvgIpc) is 3.24. The number of pyridine rings is 1. The number of anilines is 1. The monoisotopic (exact) mass is 526 g/mol. The highest BCUT2D eigenvalue weighted by Gasteiger charge is 2.46. The van der Waals surface area contributed by atoms with E-state index in [1.807, 2.05) is 6.07 Å². The zero-order valence-electron chi connectivity index (χ0n) is 22.3. The molecule has 2 aliphatic carbocycles. The molecule has 202 valence electrons. The fourth-order valence-corrected chi connectivity index (χ4v) is 8.66. The zero-order chi connectivity index (χ0) is 25.7. The smallest absolute Gasteiger partial charge is 0.319 e. The summed E-state index contributed by atoms with van der Waals surface area (Å²) in [7, 11) is 0. The highest BCUT2D eigenvalue weighted by molar-refractivity contribution is 5.92. The van der Waals surface area contributed by atoms with E-state index in [1.54, 1.807) is 6.20 Å². The molecule has 2 bridgehead atoms. The number of rotatable bonds is 5. The van der Waals surface area contributed by atoms with Gasteiger partial charge in [0.2, 0.25) is 0 Å². The lowest BCUT2D eigenvalue weighted by molar-refractivity contribution is 0.108. The van der Waals surface area contributed by atoms with Crippen molar-refractivity contribution in [2.45, 2.75) is 74.9 Å². The molecular weight excluding hydrogens is 491 g/mol. The Hall–Kier alpha value is -2.84. The molecule has 7 nitrogen and oxygen atoms in total. The Morgan fingerprint density at radius 1 is 1.08 bits per heavy atom. The fraction of sp³-hybridized carbons (Fsp3) is 0.581. The topological polar surface area (TPSA) is 66.4 Å². The summed E-state index contributed by atoms with van der Waals surface area (Å²) in [5.74, 6) is 1.80. The Morgan fingerprint density at radius 3 is 2.72 bits per heavy atom. The first-order chi connectivity index (χ1) is 19.1. The van der Waals surface area contributed by atoms with Gasteiger partial charge >= 0.3 is 6.01 Å². The lowest BCUT2D eigenvalue weighted by Gasteiger charge is -2.34. The molecule has 8 heteroatoms. The quantitative estimate of drug-likeness (QED) is 0.527. The van der Waals surface area contributed by atoms with E-state index < -0.39 is 0 Å². The van der Waals surface area contributed by atoms with E-state index in [1.165, 1.54) is 43.2 Å². The van der Waals surface area contributed by atoms with E-state index in [-0.39, 0.29) is 11.4 Å². The first-order valence-corrected chi connectivity index (χ1v) is 15.0. The van der Waals surface area contributed by atoms with Gasteiger partial charge in [-0.05, 0) is 87.4 Å². The standard InChI is InChI=1S/C31H35FN6O/c32-26-27(22-5-1-4-21-23-12-18(23)13-24(21)22)33-14-25-28(26)35-30(39-17-31-8-2-10-38(31)11-3-9-31)36-29(25)37-15-19-6-7-20(16-37)34-19/h1,4-5,14,18-20,23,34H,2-3,6-13,15-17H2. The molecule has 4 saturated heterocycles. The summed E-state index contributed by atoms with van der Waals surface area (Å²) in [5.41, 5.74) is 4.41. The molecule has 3 aromatic rings. The van der Waals surface area contributed by atoms with E-state index >= 15 is 4.39 Å².